The summed E-state index contributed by atoms with van der Waals surface area (Å²) in [5.74, 6) is -2.37. The topological polar surface area (TPSA) is 55.8 Å². The highest BCUT2D eigenvalue weighted by Crippen LogP contribution is 2.33. The fourth-order valence-electron chi connectivity index (χ4n) is 3.29. The summed E-state index contributed by atoms with van der Waals surface area (Å²) in [6.45, 7) is 1.72. The number of morpholine rings is 1. The minimum absolute atomic E-state index is 0.0322. The van der Waals surface area contributed by atoms with Gasteiger partial charge in [-0.25, -0.2) is 8.78 Å². The molecule has 1 amide bonds. The Kier molecular flexibility index (Phi) is 7.47. The van der Waals surface area contributed by atoms with Gasteiger partial charge < -0.3 is 14.4 Å². The normalized spacial score (nSPS) is 16.8. The van der Waals surface area contributed by atoms with Gasteiger partial charge in [-0.2, -0.15) is 13.2 Å². The molecule has 0 saturated carbocycles. The third-order valence-corrected chi connectivity index (χ3v) is 4.92. The van der Waals surface area contributed by atoms with E-state index >= 15 is 0 Å². The van der Waals surface area contributed by atoms with Crippen LogP contribution in [0, 0.1) is 11.6 Å². The Balaban J connectivity index is 1.64. The van der Waals surface area contributed by atoms with Crippen LogP contribution in [-0.4, -0.2) is 49.0 Å². The lowest BCUT2D eigenvalue weighted by Gasteiger charge is -2.32. The second kappa shape index (κ2) is 10.1. The zero-order chi connectivity index (χ0) is 24.2. The van der Waals surface area contributed by atoms with E-state index in [1.165, 1.54) is 17.9 Å². The second-order valence-corrected chi connectivity index (χ2v) is 7.35. The number of alkyl halides is 3. The molecule has 33 heavy (non-hydrogen) atoms. The van der Waals surface area contributed by atoms with E-state index < -0.39 is 35.4 Å². The number of hydrogen-bond donors (Lipinski definition) is 0. The lowest BCUT2D eigenvalue weighted by atomic mass is 10.1. The molecule has 1 heterocycles. The van der Waals surface area contributed by atoms with Gasteiger partial charge in [0.15, 0.2) is 5.78 Å². The zero-order valence-corrected chi connectivity index (χ0v) is 17.5. The Morgan fingerprint density at radius 1 is 1.15 bits per heavy atom. The molecule has 3 rings (SSSR count). The predicted octanol–water partition coefficient (Wildman–Crippen LogP) is 4.51. The third kappa shape index (κ3) is 6.38. The molecule has 1 aliphatic rings. The summed E-state index contributed by atoms with van der Waals surface area (Å²) in [6, 6.07) is 5.73. The number of benzene rings is 2. The van der Waals surface area contributed by atoms with Crippen LogP contribution in [0.4, 0.5) is 22.0 Å². The van der Waals surface area contributed by atoms with Crippen molar-refractivity contribution in [2.24, 2.45) is 0 Å². The molecular weight excluding hydrogens is 449 g/mol. The molecule has 10 heteroatoms. The number of Topliss-reactive ketones (excluding diaryl/α,β-unsaturated/α-hetero) is 1. The minimum atomic E-state index is -4.77. The number of ketones is 1. The lowest BCUT2D eigenvalue weighted by Crippen LogP contribution is -2.47. The summed E-state index contributed by atoms with van der Waals surface area (Å²) in [6.07, 6.45) is -3.37. The first-order valence-corrected chi connectivity index (χ1v) is 9.93. The molecule has 1 fully saturated rings. The molecule has 0 aromatic heterocycles. The Morgan fingerprint density at radius 3 is 2.55 bits per heavy atom. The van der Waals surface area contributed by atoms with Crippen LogP contribution in [0.25, 0.3) is 6.08 Å². The van der Waals surface area contributed by atoms with Crippen LogP contribution in [0.15, 0.2) is 42.5 Å². The van der Waals surface area contributed by atoms with Crippen LogP contribution in [0.3, 0.4) is 0 Å². The van der Waals surface area contributed by atoms with Crippen LogP contribution in [0.5, 0.6) is 5.75 Å². The maximum atomic E-state index is 13.4. The highest BCUT2D eigenvalue weighted by atomic mass is 19.4. The maximum Gasteiger partial charge on any atom is 0.417 e. The number of carbonyl (C=O) groups excluding carboxylic acids is 2. The van der Waals surface area contributed by atoms with Crippen LogP contribution in [0.1, 0.15) is 28.4 Å². The van der Waals surface area contributed by atoms with Gasteiger partial charge >= 0.3 is 6.18 Å². The van der Waals surface area contributed by atoms with E-state index in [2.05, 4.69) is 0 Å². The van der Waals surface area contributed by atoms with Gasteiger partial charge in [-0.3, -0.25) is 9.59 Å². The zero-order valence-electron chi connectivity index (χ0n) is 17.5. The molecule has 0 N–H and O–H groups in total. The average Bonchev–Trinajstić information content (AvgIpc) is 2.76. The minimum Gasteiger partial charge on any atom is -0.490 e. The second-order valence-electron chi connectivity index (χ2n) is 7.35. The van der Waals surface area contributed by atoms with Crippen molar-refractivity contribution in [3.05, 3.63) is 70.8 Å². The lowest BCUT2D eigenvalue weighted by molar-refractivity contribution is -0.138. The van der Waals surface area contributed by atoms with Crippen molar-refractivity contribution < 1.29 is 41.0 Å². The standard InChI is InChI=1S/C23H20F5NO4/c1-14(30)19-10-16(24)5-6-21(19)33-13-18-12-29(8-9-32-18)22(31)7-3-15-2-4-17(25)11-20(15)23(26,27)28/h2-7,10-11,18H,8-9,12-13H2,1H3. The van der Waals surface area contributed by atoms with Gasteiger partial charge in [0, 0.05) is 12.6 Å². The Labute approximate surface area is 186 Å². The summed E-state index contributed by atoms with van der Waals surface area (Å²) >= 11 is 0. The highest BCUT2D eigenvalue weighted by molar-refractivity contribution is 5.96. The van der Waals surface area contributed by atoms with Gasteiger partial charge in [0.25, 0.3) is 0 Å². The van der Waals surface area contributed by atoms with Crippen molar-refractivity contribution >= 4 is 17.8 Å². The first kappa shape index (κ1) is 24.4. The quantitative estimate of drug-likeness (QED) is 0.355. The fourth-order valence-corrected chi connectivity index (χ4v) is 3.29. The van der Waals surface area contributed by atoms with Crippen molar-refractivity contribution in [3.63, 3.8) is 0 Å². The van der Waals surface area contributed by atoms with Crippen molar-refractivity contribution in [1.29, 1.82) is 0 Å². The number of amides is 1. The van der Waals surface area contributed by atoms with E-state index in [-0.39, 0.29) is 49.0 Å². The summed E-state index contributed by atoms with van der Waals surface area (Å²) in [5, 5.41) is 0. The largest absolute Gasteiger partial charge is 0.490 e. The smallest absolute Gasteiger partial charge is 0.417 e. The first-order chi connectivity index (χ1) is 15.5. The van der Waals surface area contributed by atoms with Gasteiger partial charge in [0.05, 0.1) is 24.3 Å². The Bertz CT molecular complexity index is 1070. The first-order valence-electron chi connectivity index (χ1n) is 9.93. The molecule has 1 aliphatic heterocycles. The molecule has 0 bridgehead atoms. The van der Waals surface area contributed by atoms with Crippen molar-refractivity contribution in [2.45, 2.75) is 19.2 Å². The molecule has 0 radical (unpaired) electrons. The molecule has 1 saturated heterocycles. The van der Waals surface area contributed by atoms with Gasteiger partial charge in [-0.1, -0.05) is 6.07 Å². The monoisotopic (exact) mass is 469 g/mol. The molecule has 1 unspecified atom stereocenters. The Hall–Kier alpha value is -3.27. The van der Waals surface area contributed by atoms with Crippen molar-refractivity contribution in [1.82, 2.24) is 4.90 Å². The van der Waals surface area contributed by atoms with E-state index in [9.17, 15) is 31.5 Å². The average molecular weight is 469 g/mol. The van der Waals surface area contributed by atoms with Crippen LogP contribution < -0.4 is 4.74 Å². The number of ether oxygens (including phenoxy) is 2. The highest BCUT2D eigenvalue weighted by Gasteiger charge is 2.33. The molecule has 2 aromatic rings. The molecule has 2 aromatic carbocycles. The van der Waals surface area contributed by atoms with Crippen LogP contribution in [0.2, 0.25) is 0 Å². The predicted molar refractivity (Wildman–Crippen MR) is 109 cm³/mol. The number of nitrogens with zero attached hydrogens (tertiary/aromatic N) is 1. The van der Waals surface area contributed by atoms with Gasteiger partial charge in [-0.05, 0) is 48.9 Å². The summed E-state index contributed by atoms with van der Waals surface area (Å²) in [5.41, 5.74) is -1.44. The molecule has 0 spiro atoms. The molecule has 176 valence electrons. The van der Waals surface area contributed by atoms with E-state index in [0.29, 0.717) is 6.07 Å². The number of halogens is 5. The number of rotatable bonds is 6. The van der Waals surface area contributed by atoms with Crippen LogP contribution >= 0.6 is 0 Å². The van der Waals surface area contributed by atoms with Gasteiger partial charge in [0.1, 0.15) is 30.1 Å². The molecular formula is C23H20F5NO4. The molecule has 0 aliphatic carbocycles. The third-order valence-electron chi connectivity index (χ3n) is 4.92. The van der Waals surface area contributed by atoms with Gasteiger partial charge in [-0.15, -0.1) is 0 Å². The summed E-state index contributed by atoms with van der Waals surface area (Å²) < 4.78 is 77.1. The van der Waals surface area contributed by atoms with Gasteiger partial charge in [0.2, 0.25) is 5.91 Å². The summed E-state index contributed by atoms with van der Waals surface area (Å²) in [4.78, 5) is 25.6. The van der Waals surface area contributed by atoms with E-state index in [1.807, 2.05) is 0 Å². The fraction of sp³-hybridized carbons (Fsp3) is 0.304. The number of carbonyl (C=O) groups is 2. The van der Waals surface area contributed by atoms with E-state index in [4.69, 9.17) is 9.47 Å². The maximum absolute atomic E-state index is 13.4. The van der Waals surface area contributed by atoms with Crippen molar-refractivity contribution in [2.75, 3.05) is 26.3 Å². The summed E-state index contributed by atoms with van der Waals surface area (Å²) in [7, 11) is 0. The Morgan fingerprint density at radius 2 is 1.85 bits per heavy atom. The molecule has 5 nitrogen and oxygen atoms in total. The van der Waals surface area contributed by atoms with E-state index in [0.717, 1.165) is 36.4 Å². The molecule has 1 atom stereocenters. The van der Waals surface area contributed by atoms with Crippen molar-refractivity contribution in [3.8, 4) is 5.75 Å². The SMILES string of the molecule is CC(=O)c1cc(F)ccc1OCC1CN(C(=O)C=Cc2ccc(F)cc2C(F)(F)F)CCO1. The number of hydrogen-bond acceptors (Lipinski definition) is 4. The van der Waals surface area contributed by atoms with E-state index in [1.54, 1.807) is 0 Å². The van der Waals surface area contributed by atoms with Crippen LogP contribution in [-0.2, 0) is 15.7 Å².